The molecule has 0 atom stereocenters. The van der Waals surface area contributed by atoms with Crippen LogP contribution in [0.15, 0.2) is 36.4 Å². The Hall–Kier alpha value is -2.89. The number of nitro groups is 1. The fraction of sp³-hybridized carbons (Fsp3) is 0.188. The van der Waals surface area contributed by atoms with E-state index < -0.39 is 4.92 Å². The topological polar surface area (TPSA) is 78.7 Å². The molecule has 0 saturated carbocycles. The maximum absolute atomic E-state index is 12.6. The van der Waals surface area contributed by atoms with Gasteiger partial charge in [0.25, 0.3) is 5.69 Å². The molecule has 0 unspecified atom stereocenters. The first-order valence-corrected chi connectivity index (χ1v) is 6.49. The molecule has 22 heavy (non-hydrogen) atoms. The number of carbonyl (C=O) groups excluding carboxylic acids is 1. The summed E-state index contributed by atoms with van der Waals surface area (Å²) < 4.78 is 10.3. The predicted octanol–water partition coefficient (Wildman–Crippen LogP) is 3.15. The lowest BCUT2D eigenvalue weighted by atomic mass is 10.00. The van der Waals surface area contributed by atoms with Crippen molar-refractivity contribution in [2.24, 2.45) is 0 Å². The lowest BCUT2D eigenvalue weighted by Crippen LogP contribution is -2.05. The second kappa shape index (κ2) is 6.26. The summed E-state index contributed by atoms with van der Waals surface area (Å²) in [5, 5.41) is 11.0. The number of hydrogen-bond donors (Lipinski definition) is 0. The molecule has 6 heteroatoms. The van der Waals surface area contributed by atoms with Crippen LogP contribution in [0.5, 0.6) is 11.5 Å². The summed E-state index contributed by atoms with van der Waals surface area (Å²) in [6, 6.07) is 9.21. The predicted molar refractivity (Wildman–Crippen MR) is 80.8 cm³/mol. The highest BCUT2D eigenvalue weighted by atomic mass is 16.6. The molecule has 0 aromatic heterocycles. The van der Waals surface area contributed by atoms with E-state index in [0.717, 1.165) is 0 Å². The molecular formula is C16H15NO5. The van der Waals surface area contributed by atoms with Crippen LogP contribution >= 0.6 is 0 Å². The summed E-state index contributed by atoms with van der Waals surface area (Å²) in [6.45, 7) is 1.63. The number of carbonyl (C=O) groups is 1. The highest BCUT2D eigenvalue weighted by molar-refractivity contribution is 6.11. The Kier molecular flexibility index (Phi) is 4.41. The van der Waals surface area contributed by atoms with E-state index in [2.05, 4.69) is 0 Å². The molecule has 0 radical (unpaired) electrons. The highest BCUT2D eigenvalue weighted by Gasteiger charge is 2.19. The fourth-order valence-electron chi connectivity index (χ4n) is 2.09. The zero-order valence-electron chi connectivity index (χ0n) is 12.5. The Morgan fingerprint density at radius 2 is 1.82 bits per heavy atom. The summed E-state index contributed by atoms with van der Waals surface area (Å²) in [5.74, 6) is 0.568. The zero-order valence-corrected chi connectivity index (χ0v) is 12.5. The molecule has 2 rings (SSSR count). The van der Waals surface area contributed by atoms with Gasteiger partial charge in [-0.15, -0.1) is 0 Å². The maximum Gasteiger partial charge on any atom is 0.273 e. The highest BCUT2D eigenvalue weighted by Crippen LogP contribution is 2.28. The fourth-order valence-corrected chi connectivity index (χ4v) is 2.09. The van der Waals surface area contributed by atoms with Crippen molar-refractivity contribution in [2.75, 3.05) is 14.2 Å². The summed E-state index contributed by atoms with van der Waals surface area (Å²) in [7, 11) is 2.96. The van der Waals surface area contributed by atoms with Crippen molar-refractivity contribution >= 4 is 11.5 Å². The smallest absolute Gasteiger partial charge is 0.273 e. The molecule has 0 N–H and O–H groups in total. The van der Waals surface area contributed by atoms with E-state index in [9.17, 15) is 14.9 Å². The van der Waals surface area contributed by atoms with E-state index in [1.165, 1.54) is 20.3 Å². The number of benzene rings is 2. The second-order valence-corrected chi connectivity index (χ2v) is 4.65. The lowest BCUT2D eigenvalue weighted by Gasteiger charge is -2.10. The Labute approximate surface area is 127 Å². The van der Waals surface area contributed by atoms with Crippen molar-refractivity contribution < 1.29 is 19.2 Å². The van der Waals surface area contributed by atoms with Crippen LogP contribution in [0.2, 0.25) is 0 Å². The van der Waals surface area contributed by atoms with Gasteiger partial charge in [-0.3, -0.25) is 14.9 Å². The Bertz CT molecular complexity index is 739. The van der Waals surface area contributed by atoms with E-state index in [0.29, 0.717) is 22.6 Å². The van der Waals surface area contributed by atoms with E-state index in [1.807, 2.05) is 0 Å². The quantitative estimate of drug-likeness (QED) is 0.481. The number of rotatable bonds is 5. The van der Waals surface area contributed by atoms with E-state index in [4.69, 9.17) is 9.47 Å². The summed E-state index contributed by atoms with van der Waals surface area (Å²) in [4.78, 5) is 23.1. The number of aryl methyl sites for hydroxylation is 1. The van der Waals surface area contributed by atoms with Gasteiger partial charge in [0.05, 0.1) is 24.7 Å². The third kappa shape index (κ3) is 2.90. The zero-order chi connectivity index (χ0) is 16.3. The van der Waals surface area contributed by atoms with Gasteiger partial charge in [-0.25, -0.2) is 0 Å². The molecule has 0 aliphatic heterocycles. The molecule has 0 aliphatic rings. The van der Waals surface area contributed by atoms with Gasteiger partial charge in [0.1, 0.15) is 11.5 Å². The third-order valence-electron chi connectivity index (χ3n) is 3.32. The number of methoxy groups -OCH3 is 2. The molecular weight excluding hydrogens is 286 g/mol. The molecule has 0 aliphatic carbocycles. The van der Waals surface area contributed by atoms with Crippen molar-refractivity contribution in [1.82, 2.24) is 0 Å². The number of hydrogen-bond acceptors (Lipinski definition) is 5. The van der Waals surface area contributed by atoms with Gasteiger partial charge in [-0.2, -0.15) is 0 Å². The Morgan fingerprint density at radius 3 is 2.41 bits per heavy atom. The van der Waals surface area contributed by atoms with Crippen molar-refractivity contribution in [1.29, 1.82) is 0 Å². The van der Waals surface area contributed by atoms with Gasteiger partial charge in [0.15, 0.2) is 5.78 Å². The molecule has 2 aromatic carbocycles. The van der Waals surface area contributed by atoms with E-state index >= 15 is 0 Å². The third-order valence-corrected chi connectivity index (χ3v) is 3.32. The van der Waals surface area contributed by atoms with Crippen LogP contribution in [0.25, 0.3) is 0 Å². The van der Waals surface area contributed by atoms with Crippen molar-refractivity contribution in [3.8, 4) is 11.5 Å². The van der Waals surface area contributed by atoms with Crippen LogP contribution in [0.4, 0.5) is 5.69 Å². The molecule has 2 aromatic rings. The van der Waals surface area contributed by atoms with Crippen molar-refractivity contribution in [2.45, 2.75) is 6.92 Å². The van der Waals surface area contributed by atoms with Gasteiger partial charge in [-0.1, -0.05) is 12.1 Å². The van der Waals surface area contributed by atoms with Crippen LogP contribution in [-0.2, 0) is 0 Å². The van der Waals surface area contributed by atoms with Gasteiger partial charge >= 0.3 is 0 Å². The molecule has 114 valence electrons. The monoisotopic (exact) mass is 301 g/mol. The van der Waals surface area contributed by atoms with Crippen LogP contribution in [-0.4, -0.2) is 24.9 Å². The largest absolute Gasteiger partial charge is 0.497 e. The normalized spacial score (nSPS) is 10.1. The maximum atomic E-state index is 12.6. The van der Waals surface area contributed by atoms with Gasteiger partial charge in [0.2, 0.25) is 0 Å². The van der Waals surface area contributed by atoms with Crippen molar-refractivity contribution in [3.05, 3.63) is 63.2 Å². The SMILES string of the molecule is COc1ccc(C(=O)c2ccc(C)c([N+](=O)[O-])c2)c(OC)c1. The lowest BCUT2D eigenvalue weighted by molar-refractivity contribution is -0.385. The van der Waals surface area contributed by atoms with E-state index in [1.54, 1.807) is 37.3 Å². The average molecular weight is 301 g/mol. The molecule has 0 amide bonds. The first-order chi connectivity index (χ1) is 10.5. The first kappa shape index (κ1) is 15.5. The van der Waals surface area contributed by atoms with Gasteiger partial charge < -0.3 is 9.47 Å². The number of ether oxygens (including phenoxy) is 2. The minimum absolute atomic E-state index is 0.0849. The molecule has 0 heterocycles. The second-order valence-electron chi connectivity index (χ2n) is 4.65. The molecule has 0 fully saturated rings. The Morgan fingerprint density at radius 1 is 1.09 bits per heavy atom. The summed E-state index contributed by atoms with van der Waals surface area (Å²) >= 11 is 0. The summed E-state index contributed by atoms with van der Waals surface area (Å²) in [6.07, 6.45) is 0. The molecule has 0 spiro atoms. The first-order valence-electron chi connectivity index (χ1n) is 6.49. The number of nitro benzene ring substituents is 1. The van der Waals surface area contributed by atoms with Crippen LogP contribution in [0.3, 0.4) is 0 Å². The van der Waals surface area contributed by atoms with Crippen LogP contribution < -0.4 is 9.47 Å². The van der Waals surface area contributed by atoms with Gasteiger partial charge in [0, 0.05) is 23.3 Å². The van der Waals surface area contributed by atoms with Crippen molar-refractivity contribution in [3.63, 3.8) is 0 Å². The number of ketones is 1. The minimum atomic E-state index is -0.503. The molecule has 6 nitrogen and oxygen atoms in total. The van der Waals surface area contributed by atoms with Crippen LogP contribution in [0, 0.1) is 17.0 Å². The average Bonchev–Trinajstić information content (AvgIpc) is 2.53. The number of nitrogens with zero attached hydrogens (tertiary/aromatic N) is 1. The standard InChI is InChI=1S/C16H15NO5/c1-10-4-5-11(8-14(10)17(19)20)16(18)13-7-6-12(21-2)9-15(13)22-3/h4-9H,1-3H3. The minimum Gasteiger partial charge on any atom is -0.497 e. The summed E-state index contributed by atoms with van der Waals surface area (Å²) in [5.41, 5.74) is 0.976. The van der Waals surface area contributed by atoms with Gasteiger partial charge in [-0.05, 0) is 19.1 Å². The van der Waals surface area contributed by atoms with Crippen LogP contribution in [0.1, 0.15) is 21.5 Å². The Balaban J connectivity index is 2.48. The molecule has 0 bridgehead atoms. The van der Waals surface area contributed by atoms with E-state index in [-0.39, 0.29) is 17.0 Å². The molecule has 0 saturated heterocycles.